The van der Waals surface area contributed by atoms with Gasteiger partial charge in [0.15, 0.2) is 10.7 Å². The van der Waals surface area contributed by atoms with Crippen LogP contribution >= 0.6 is 11.3 Å². The molecule has 0 unspecified atom stereocenters. The predicted octanol–water partition coefficient (Wildman–Crippen LogP) is 5.06. The predicted molar refractivity (Wildman–Crippen MR) is 127 cm³/mol. The number of nitrogens with two attached hydrogens (primary N) is 1. The van der Waals surface area contributed by atoms with Crippen LogP contribution in [-0.4, -0.2) is 23.4 Å². The van der Waals surface area contributed by atoms with E-state index in [0.29, 0.717) is 15.6 Å². The number of halogens is 3. The van der Waals surface area contributed by atoms with E-state index in [1.54, 1.807) is 19.9 Å². The van der Waals surface area contributed by atoms with Gasteiger partial charge in [-0.25, -0.2) is 36.5 Å². The molecule has 0 amide bonds. The van der Waals surface area contributed by atoms with Gasteiger partial charge in [0.05, 0.1) is 27.0 Å². The number of benzene rings is 2. The summed E-state index contributed by atoms with van der Waals surface area (Å²) in [6.45, 7) is 9.64. The van der Waals surface area contributed by atoms with Crippen LogP contribution in [0.5, 0.6) is 0 Å². The summed E-state index contributed by atoms with van der Waals surface area (Å²) in [4.78, 5) is 11.7. The second-order valence-electron chi connectivity index (χ2n) is 8.04. The first-order chi connectivity index (χ1) is 16.4. The lowest BCUT2D eigenvalue weighted by molar-refractivity contribution is 0.521. The molecule has 4 aromatic rings. The zero-order valence-corrected chi connectivity index (χ0v) is 20.0. The molecule has 0 saturated heterocycles. The quantitative estimate of drug-likeness (QED) is 0.370. The molecule has 2 heterocycles. The minimum atomic E-state index is -4.80. The number of hydrogen-bond donors (Lipinski definition) is 2. The first-order valence-electron chi connectivity index (χ1n) is 10.0. The molecule has 2 aromatic carbocycles. The van der Waals surface area contributed by atoms with Crippen molar-refractivity contribution in [1.29, 1.82) is 0 Å². The van der Waals surface area contributed by atoms with E-state index in [2.05, 4.69) is 15.0 Å². The summed E-state index contributed by atoms with van der Waals surface area (Å²) in [5.41, 5.74) is 4.71. The van der Waals surface area contributed by atoms with Crippen molar-refractivity contribution in [3.05, 3.63) is 78.0 Å². The summed E-state index contributed by atoms with van der Waals surface area (Å²) >= 11 is 1.17. The Bertz CT molecular complexity index is 1510. The van der Waals surface area contributed by atoms with Crippen molar-refractivity contribution < 1.29 is 21.6 Å². The highest BCUT2D eigenvalue weighted by molar-refractivity contribution is 7.92. The normalized spacial score (nSPS) is 12.1. The Morgan fingerprint density at radius 1 is 1.03 bits per heavy atom. The highest BCUT2D eigenvalue weighted by Crippen LogP contribution is 2.42. The van der Waals surface area contributed by atoms with Crippen molar-refractivity contribution in [3.8, 4) is 21.8 Å². The van der Waals surface area contributed by atoms with Crippen LogP contribution in [0.4, 0.5) is 24.8 Å². The lowest BCUT2D eigenvalue weighted by Gasteiger charge is -2.13. The van der Waals surface area contributed by atoms with E-state index in [9.17, 15) is 17.2 Å². The molecule has 35 heavy (non-hydrogen) atoms. The third-order valence-corrected chi connectivity index (χ3v) is 7.60. The molecule has 7 nitrogen and oxygen atoms in total. The number of anilines is 2. The second-order valence-corrected chi connectivity index (χ2v) is 10.7. The van der Waals surface area contributed by atoms with Gasteiger partial charge in [-0.3, -0.25) is 4.72 Å². The second kappa shape index (κ2) is 8.93. The molecule has 180 valence electrons. The van der Waals surface area contributed by atoms with Gasteiger partial charge in [0, 0.05) is 17.2 Å². The van der Waals surface area contributed by atoms with Gasteiger partial charge in [-0.2, -0.15) is 0 Å². The first kappa shape index (κ1) is 24.6. The molecule has 0 saturated carbocycles. The summed E-state index contributed by atoms with van der Waals surface area (Å²) < 4.78 is 71.1. The van der Waals surface area contributed by atoms with Crippen LogP contribution < -0.4 is 10.5 Å². The average Bonchev–Trinajstić information content (AvgIpc) is 3.21. The molecule has 2 aromatic heterocycles. The molecule has 0 spiro atoms. The zero-order chi connectivity index (χ0) is 25.5. The monoisotopic (exact) mass is 517 g/mol. The summed E-state index contributed by atoms with van der Waals surface area (Å²) in [5.74, 6) is -3.65. The molecular weight excluding hydrogens is 499 g/mol. The van der Waals surface area contributed by atoms with E-state index >= 15 is 4.39 Å². The van der Waals surface area contributed by atoms with Crippen molar-refractivity contribution >= 4 is 33.0 Å². The average molecular weight is 518 g/mol. The molecule has 0 aliphatic heterocycles. The van der Waals surface area contributed by atoms with Crippen molar-refractivity contribution in [1.82, 2.24) is 15.0 Å². The number of rotatable bonds is 6. The first-order valence-corrected chi connectivity index (χ1v) is 12.3. The fourth-order valence-corrected chi connectivity index (χ4v) is 5.44. The number of sulfonamides is 1. The fourth-order valence-electron chi connectivity index (χ4n) is 3.18. The zero-order valence-electron chi connectivity index (χ0n) is 18.4. The smallest absolute Gasteiger partial charge is 0.267 e. The molecule has 4 rings (SSSR count). The number of nitrogens with zero attached hydrogens (tertiary/aromatic N) is 3. The molecule has 12 heteroatoms. The van der Waals surface area contributed by atoms with Crippen LogP contribution in [0.15, 0.2) is 53.6 Å². The van der Waals surface area contributed by atoms with E-state index in [0.717, 1.165) is 24.3 Å². The minimum Gasteiger partial charge on any atom is -0.368 e. The van der Waals surface area contributed by atoms with E-state index < -0.39 is 43.5 Å². The van der Waals surface area contributed by atoms with Gasteiger partial charge in [-0.1, -0.05) is 26.0 Å². The van der Waals surface area contributed by atoms with Crippen LogP contribution in [-0.2, 0) is 15.4 Å². The summed E-state index contributed by atoms with van der Waals surface area (Å²) in [6, 6.07) is 8.03. The Morgan fingerprint density at radius 3 is 2.31 bits per heavy atom. The standard InChI is InChI=1S/C23H18F3N5O2S2/c1-23(2,3)21-30-18(19(34-21)16-10-11-28-22(27)29-16)12-6-4-9-15(17(12)26)31-35(32,33)20-13(24)7-5-8-14(20)25/h1,4-11,31H,2-3H3,(H2,27,28,29). The van der Waals surface area contributed by atoms with Gasteiger partial charge in [-0.15, -0.1) is 11.3 Å². The molecule has 0 atom stereocenters. The third-order valence-electron chi connectivity index (χ3n) is 4.77. The number of thiazole rings is 1. The summed E-state index contributed by atoms with van der Waals surface area (Å²) in [6.07, 6.45) is 1.43. The topological polar surface area (TPSA) is 111 Å². The van der Waals surface area contributed by atoms with Crippen molar-refractivity contribution in [2.45, 2.75) is 24.2 Å². The van der Waals surface area contributed by atoms with Crippen LogP contribution in [0.25, 0.3) is 21.8 Å². The minimum absolute atomic E-state index is 0.00990. The molecule has 2 radical (unpaired) electrons. The van der Waals surface area contributed by atoms with E-state index in [1.807, 2.05) is 4.72 Å². The maximum atomic E-state index is 15.6. The fraction of sp³-hybridized carbons (Fsp3) is 0.130. The maximum absolute atomic E-state index is 15.6. The highest BCUT2D eigenvalue weighted by atomic mass is 32.2. The van der Waals surface area contributed by atoms with Crippen LogP contribution in [0.3, 0.4) is 0 Å². The van der Waals surface area contributed by atoms with Crippen LogP contribution in [0.2, 0.25) is 0 Å². The molecule has 0 bridgehead atoms. The highest BCUT2D eigenvalue weighted by Gasteiger charge is 2.28. The number of nitrogens with one attached hydrogen (secondary N) is 1. The molecular formula is C23H18F3N5O2S2. The van der Waals surface area contributed by atoms with Crippen molar-refractivity contribution in [2.24, 2.45) is 0 Å². The van der Waals surface area contributed by atoms with Crippen molar-refractivity contribution in [2.75, 3.05) is 10.5 Å². The van der Waals surface area contributed by atoms with Crippen molar-refractivity contribution in [3.63, 3.8) is 0 Å². The number of nitrogen functional groups attached to an aromatic ring is 1. The van der Waals surface area contributed by atoms with Crippen LogP contribution in [0, 0.1) is 24.4 Å². The van der Waals surface area contributed by atoms with Gasteiger partial charge in [0.2, 0.25) is 5.95 Å². The maximum Gasteiger partial charge on any atom is 0.267 e. The van der Waals surface area contributed by atoms with Gasteiger partial charge < -0.3 is 5.73 Å². The molecule has 0 aliphatic rings. The SMILES string of the molecule is [CH]C(C)(C)c1nc(-c2cccc(NS(=O)(=O)c3c(F)cccc3F)c2F)c(-c2ccnc(N)n2)s1. The number of aromatic nitrogens is 3. The Balaban J connectivity index is 1.85. The Hall–Kier alpha value is -3.51. The Labute approximate surface area is 204 Å². The van der Waals surface area contributed by atoms with Gasteiger partial charge >= 0.3 is 0 Å². The van der Waals surface area contributed by atoms with Gasteiger partial charge in [-0.05, 0) is 37.3 Å². The third kappa shape index (κ3) is 4.84. The Morgan fingerprint density at radius 2 is 1.69 bits per heavy atom. The summed E-state index contributed by atoms with van der Waals surface area (Å²) in [7, 11) is -4.80. The Kier molecular flexibility index (Phi) is 6.28. The van der Waals surface area contributed by atoms with Gasteiger partial charge in [0.25, 0.3) is 10.0 Å². The van der Waals surface area contributed by atoms with Gasteiger partial charge in [0.1, 0.15) is 11.6 Å². The van der Waals surface area contributed by atoms with Crippen LogP contribution in [0.1, 0.15) is 18.9 Å². The molecule has 3 N–H and O–H groups in total. The van der Waals surface area contributed by atoms with E-state index in [-0.39, 0.29) is 17.2 Å². The lowest BCUT2D eigenvalue weighted by atomic mass is 9.98. The summed E-state index contributed by atoms with van der Waals surface area (Å²) in [5, 5.41) is 0.457. The molecule has 0 fully saturated rings. The lowest BCUT2D eigenvalue weighted by Crippen LogP contribution is -2.17. The molecule has 0 aliphatic carbocycles. The van der Waals surface area contributed by atoms with E-state index in [1.165, 1.54) is 29.7 Å². The number of hydrogen-bond acceptors (Lipinski definition) is 7. The van der Waals surface area contributed by atoms with E-state index in [4.69, 9.17) is 12.7 Å². The largest absolute Gasteiger partial charge is 0.368 e.